The Morgan fingerprint density at radius 1 is 1.00 bits per heavy atom. The first-order valence-corrected chi connectivity index (χ1v) is 7.21. The second-order valence-electron chi connectivity index (χ2n) is 4.19. The molecule has 3 aromatic rings. The first-order valence-electron chi connectivity index (χ1n) is 6.01. The number of hydrogen-bond acceptors (Lipinski definition) is 3. The van der Waals surface area contributed by atoms with E-state index in [0.717, 1.165) is 21.3 Å². The number of hydrogen-bond donors (Lipinski definition) is 1. The van der Waals surface area contributed by atoms with E-state index in [9.17, 15) is 0 Å². The molecule has 1 aromatic carbocycles. The van der Waals surface area contributed by atoms with Crippen LogP contribution in [0.15, 0.2) is 59.3 Å². The fourth-order valence-electron chi connectivity index (χ4n) is 1.90. The molecular weight excluding hydrogens is 334 g/mol. The van der Waals surface area contributed by atoms with Gasteiger partial charge in [0, 0.05) is 18.0 Å². The number of benzene rings is 1. The van der Waals surface area contributed by atoms with Crippen molar-refractivity contribution in [3.8, 4) is 22.6 Å². The smallest absolute Gasteiger partial charge is 0.144 e. The lowest BCUT2D eigenvalue weighted by atomic mass is 10.1. The Kier molecular flexibility index (Phi) is 3.71. The topological polar surface area (TPSA) is 41.6 Å². The summed E-state index contributed by atoms with van der Waals surface area (Å²) >= 11 is 8.84. The number of halogens is 1. The van der Waals surface area contributed by atoms with Crippen molar-refractivity contribution in [3.05, 3.63) is 64.0 Å². The summed E-state index contributed by atoms with van der Waals surface area (Å²) in [5.41, 5.74) is 2.88. The summed E-state index contributed by atoms with van der Waals surface area (Å²) in [5.74, 6) is 0.713. The Balaban J connectivity index is 2.22. The van der Waals surface area contributed by atoms with Crippen molar-refractivity contribution >= 4 is 28.1 Å². The zero-order chi connectivity index (χ0) is 13.9. The summed E-state index contributed by atoms with van der Waals surface area (Å²) in [4.78, 5) is 11.8. The van der Waals surface area contributed by atoms with Crippen LogP contribution in [-0.2, 0) is 0 Å². The normalized spacial score (nSPS) is 10.4. The van der Waals surface area contributed by atoms with Gasteiger partial charge in [0.05, 0.1) is 10.2 Å². The molecule has 2 heterocycles. The molecule has 0 spiro atoms. The van der Waals surface area contributed by atoms with Gasteiger partial charge in [-0.05, 0) is 33.6 Å². The van der Waals surface area contributed by atoms with E-state index in [-0.39, 0.29) is 0 Å². The maximum atomic E-state index is 5.33. The molecule has 0 bridgehead atoms. The fourth-order valence-corrected chi connectivity index (χ4v) is 2.51. The van der Waals surface area contributed by atoms with Crippen LogP contribution < -0.4 is 0 Å². The van der Waals surface area contributed by atoms with E-state index in [2.05, 4.69) is 30.9 Å². The van der Waals surface area contributed by atoms with Gasteiger partial charge in [-0.25, -0.2) is 4.98 Å². The second kappa shape index (κ2) is 5.64. The molecule has 20 heavy (non-hydrogen) atoms. The minimum Gasteiger partial charge on any atom is -0.338 e. The molecule has 0 atom stereocenters. The van der Waals surface area contributed by atoms with Gasteiger partial charge in [-0.1, -0.05) is 42.5 Å². The number of aromatic amines is 1. The molecule has 98 valence electrons. The average Bonchev–Trinajstić information content (AvgIpc) is 2.51. The molecule has 1 N–H and O–H groups in total. The Morgan fingerprint density at radius 3 is 2.45 bits per heavy atom. The zero-order valence-electron chi connectivity index (χ0n) is 10.4. The van der Waals surface area contributed by atoms with Crippen molar-refractivity contribution < 1.29 is 0 Å². The van der Waals surface area contributed by atoms with Crippen molar-refractivity contribution in [2.45, 2.75) is 0 Å². The van der Waals surface area contributed by atoms with Gasteiger partial charge in [0.15, 0.2) is 0 Å². The highest BCUT2D eigenvalue weighted by Gasteiger charge is 2.09. The van der Waals surface area contributed by atoms with Gasteiger partial charge in [0.1, 0.15) is 10.5 Å². The van der Waals surface area contributed by atoms with Crippen LogP contribution in [0.1, 0.15) is 0 Å². The molecule has 0 aliphatic rings. The number of H-pyrrole nitrogens is 1. The lowest BCUT2D eigenvalue weighted by Gasteiger charge is -2.08. The summed E-state index contributed by atoms with van der Waals surface area (Å²) in [5, 5.41) is 0. The molecule has 2 aromatic heterocycles. The van der Waals surface area contributed by atoms with E-state index < -0.39 is 0 Å². The van der Waals surface area contributed by atoms with Crippen molar-refractivity contribution in [1.82, 2.24) is 15.0 Å². The summed E-state index contributed by atoms with van der Waals surface area (Å²) < 4.78 is 1.33. The Hall–Kier alpha value is -1.85. The highest BCUT2D eigenvalue weighted by Crippen LogP contribution is 2.28. The van der Waals surface area contributed by atoms with Crippen LogP contribution in [0.25, 0.3) is 22.6 Å². The third-order valence-electron chi connectivity index (χ3n) is 2.86. The van der Waals surface area contributed by atoms with Crippen molar-refractivity contribution in [2.24, 2.45) is 0 Å². The summed E-state index contributed by atoms with van der Waals surface area (Å²) in [7, 11) is 0. The number of rotatable bonds is 2. The van der Waals surface area contributed by atoms with Gasteiger partial charge >= 0.3 is 0 Å². The predicted molar refractivity (Wildman–Crippen MR) is 85.8 cm³/mol. The molecule has 0 saturated heterocycles. The van der Waals surface area contributed by atoms with Gasteiger partial charge in [-0.15, -0.1) is 0 Å². The van der Waals surface area contributed by atoms with Crippen LogP contribution in [-0.4, -0.2) is 15.0 Å². The van der Waals surface area contributed by atoms with Crippen LogP contribution >= 0.6 is 28.1 Å². The molecule has 0 fully saturated rings. The molecule has 0 aliphatic heterocycles. The first-order chi connectivity index (χ1) is 9.75. The molecule has 0 unspecified atom stereocenters. The van der Waals surface area contributed by atoms with E-state index in [1.807, 2.05) is 42.5 Å². The summed E-state index contributed by atoms with van der Waals surface area (Å²) in [6.45, 7) is 0. The van der Waals surface area contributed by atoms with E-state index in [0.29, 0.717) is 10.5 Å². The fraction of sp³-hybridized carbons (Fsp3) is 0. The maximum absolute atomic E-state index is 5.33. The first kappa shape index (κ1) is 13.1. The largest absolute Gasteiger partial charge is 0.338 e. The molecule has 5 heteroatoms. The molecule has 0 radical (unpaired) electrons. The lowest BCUT2D eigenvalue weighted by molar-refractivity contribution is 1.14. The monoisotopic (exact) mass is 343 g/mol. The number of nitrogens with one attached hydrogen (secondary N) is 1. The number of aromatic nitrogens is 3. The second-order valence-corrected chi connectivity index (χ2v) is 5.37. The quantitative estimate of drug-likeness (QED) is 0.689. The Labute approximate surface area is 129 Å². The van der Waals surface area contributed by atoms with Crippen LogP contribution in [0.4, 0.5) is 0 Å². The molecule has 0 saturated carbocycles. The van der Waals surface area contributed by atoms with E-state index in [1.165, 1.54) is 0 Å². The number of nitrogens with zero attached hydrogens (tertiary/aromatic N) is 2. The van der Waals surface area contributed by atoms with Crippen LogP contribution in [0.2, 0.25) is 0 Å². The highest BCUT2D eigenvalue weighted by atomic mass is 79.9. The summed E-state index contributed by atoms with van der Waals surface area (Å²) in [6, 6.07) is 13.8. The van der Waals surface area contributed by atoms with Crippen LogP contribution in [0.5, 0.6) is 0 Å². The van der Waals surface area contributed by atoms with Crippen molar-refractivity contribution in [2.75, 3.05) is 0 Å². The standard InChI is InChI=1S/C15H10BrN3S/c16-12-13(10-5-2-1-3-6-10)18-14(19-15(12)20)11-7-4-8-17-9-11/h1-9H,(H,18,19,20). The van der Waals surface area contributed by atoms with Crippen molar-refractivity contribution in [1.29, 1.82) is 0 Å². The van der Waals surface area contributed by atoms with E-state index in [4.69, 9.17) is 12.2 Å². The average molecular weight is 344 g/mol. The predicted octanol–water partition coefficient (Wildman–Crippen LogP) is 4.63. The van der Waals surface area contributed by atoms with Gasteiger partial charge in [0.25, 0.3) is 0 Å². The van der Waals surface area contributed by atoms with E-state index >= 15 is 0 Å². The molecule has 3 nitrogen and oxygen atoms in total. The molecular formula is C15H10BrN3S. The molecule has 0 aliphatic carbocycles. The van der Waals surface area contributed by atoms with Crippen LogP contribution in [0.3, 0.4) is 0 Å². The van der Waals surface area contributed by atoms with Crippen LogP contribution in [0, 0.1) is 4.64 Å². The van der Waals surface area contributed by atoms with Gasteiger partial charge in [-0.2, -0.15) is 0 Å². The van der Waals surface area contributed by atoms with Crippen molar-refractivity contribution in [3.63, 3.8) is 0 Å². The Morgan fingerprint density at radius 2 is 1.75 bits per heavy atom. The SMILES string of the molecule is S=c1nc(-c2cccnc2)[nH]c(-c2ccccc2)c1Br. The molecule has 3 rings (SSSR count). The minimum atomic E-state index is 0.529. The molecule has 0 amide bonds. The van der Waals surface area contributed by atoms with Gasteiger partial charge in [-0.3, -0.25) is 4.98 Å². The maximum Gasteiger partial charge on any atom is 0.144 e. The van der Waals surface area contributed by atoms with E-state index in [1.54, 1.807) is 12.4 Å². The summed E-state index contributed by atoms with van der Waals surface area (Å²) in [6.07, 6.45) is 3.49. The zero-order valence-corrected chi connectivity index (χ0v) is 12.8. The Bertz CT molecular complexity index is 785. The minimum absolute atomic E-state index is 0.529. The highest BCUT2D eigenvalue weighted by molar-refractivity contribution is 9.10. The third-order valence-corrected chi connectivity index (χ3v) is 4.19. The van der Waals surface area contributed by atoms with Gasteiger partial charge < -0.3 is 4.98 Å². The van der Waals surface area contributed by atoms with Gasteiger partial charge in [0.2, 0.25) is 0 Å². The lowest BCUT2D eigenvalue weighted by Crippen LogP contribution is -1.95. The third kappa shape index (κ3) is 2.55. The number of pyridine rings is 1.